The molecule has 0 unspecified atom stereocenters. The molecule has 20 heteroatoms. The lowest BCUT2D eigenvalue weighted by atomic mass is 10.0. The van der Waals surface area contributed by atoms with E-state index in [2.05, 4.69) is 0 Å². The van der Waals surface area contributed by atoms with Crippen LogP contribution in [0.1, 0.15) is 22.3 Å². The van der Waals surface area contributed by atoms with E-state index < -0.39 is 106 Å². The molecule has 0 heterocycles. The fourth-order valence-electron chi connectivity index (χ4n) is 5.03. The number of phenols is 8. The van der Waals surface area contributed by atoms with Gasteiger partial charge < -0.3 is 70.0 Å². The number of rotatable bonds is 17. The molecule has 322 valence electrons. The average Bonchev–Trinajstić information content (AvgIpc) is 3.22. The van der Waals surface area contributed by atoms with E-state index in [1.807, 2.05) is 0 Å². The largest absolute Gasteiger partial charge is 0.504 e. The molecule has 4 rings (SSSR count). The van der Waals surface area contributed by atoms with Gasteiger partial charge in [0.25, 0.3) is 0 Å². The SMILES string of the molecule is O=C(C=Cc1ccc(O)c(O)c1)O[C@@H]([C@H](OC(=O)C=Cc1ccc(O)c(O)c1)[C@@H](OC(=O)C=Cc1ccc(O)c(O)c1)C(=O)O)[C@H](OC(=O)C=Cc1ccc(O)c(O)c1)C(=O)O. The number of carboxylic acids is 2. The molecule has 0 fully saturated rings. The molecule has 0 aliphatic carbocycles. The van der Waals surface area contributed by atoms with Gasteiger partial charge in [0.1, 0.15) is 0 Å². The molecule has 0 radical (unpaired) electrons. The first kappa shape index (κ1) is 45.8. The molecule has 10 N–H and O–H groups in total. The number of aromatic hydroxyl groups is 8. The minimum absolute atomic E-state index is 0.0554. The van der Waals surface area contributed by atoms with E-state index in [9.17, 15) is 79.8 Å². The van der Waals surface area contributed by atoms with Crippen LogP contribution in [0.3, 0.4) is 0 Å². The summed E-state index contributed by atoms with van der Waals surface area (Å²) in [4.78, 5) is 78.4. The highest BCUT2D eigenvalue weighted by molar-refractivity contribution is 5.92. The molecule has 0 saturated heterocycles. The van der Waals surface area contributed by atoms with Crippen molar-refractivity contribution in [3.8, 4) is 46.0 Å². The lowest BCUT2D eigenvalue weighted by Crippen LogP contribution is -2.56. The number of ether oxygens (including phenoxy) is 4. The van der Waals surface area contributed by atoms with Crippen molar-refractivity contribution in [3.05, 3.63) is 119 Å². The quantitative estimate of drug-likeness (QED) is 0.0315. The lowest BCUT2D eigenvalue weighted by Gasteiger charge is -2.32. The van der Waals surface area contributed by atoms with Crippen LogP contribution in [0, 0.1) is 0 Å². The van der Waals surface area contributed by atoms with Crippen LogP contribution in [0.2, 0.25) is 0 Å². The van der Waals surface area contributed by atoms with Gasteiger partial charge in [0.15, 0.2) is 58.2 Å². The van der Waals surface area contributed by atoms with Gasteiger partial charge in [-0.3, -0.25) is 0 Å². The van der Waals surface area contributed by atoms with Crippen molar-refractivity contribution in [3.63, 3.8) is 0 Å². The van der Waals surface area contributed by atoms with E-state index in [4.69, 9.17) is 18.9 Å². The molecule has 0 bridgehead atoms. The Labute approximate surface area is 348 Å². The van der Waals surface area contributed by atoms with Crippen molar-refractivity contribution < 1.29 is 98.8 Å². The van der Waals surface area contributed by atoms with Crippen molar-refractivity contribution >= 4 is 60.1 Å². The summed E-state index contributed by atoms with van der Waals surface area (Å²) in [6.45, 7) is 0. The van der Waals surface area contributed by atoms with Crippen LogP contribution in [0.4, 0.5) is 0 Å². The maximum atomic E-state index is 13.3. The minimum Gasteiger partial charge on any atom is -0.504 e. The standard InChI is InChI=1S/C42H34O20/c43-25-9-1-21(17-29(25)47)5-13-33(51)59-37(39(41(55)56)61-35(53)15-7-23-3-11-27(45)31(49)19-23)38(60-34(52)14-6-22-2-10-26(44)30(48)18-22)40(42(57)58)62-36(54)16-8-24-4-12-28(46)32(50)20-24/h1-20,37-40,43-50H,(H,55,56)(H,57,58)/t37-,38-,39-,40+/m0/s1. The molecule has 0 saturated carbocycles. The lowest BCUT2D eigenvalue weighted by molar-refractivity contribution is -0.203. The predicted molar refractivity (Wildman–Crippen MR) is 210 cm³/mol. The monoisotopic (exact) mass is 858 g/mol. The molecule has 4 aromatic carbocycles. The maximum Gasteiger partial charge on any atom is 0.349 e. The van der Waals surface area contributed by atoms with Crippen LogP contribution in [-0.4, -0.2) is 111 Å². The summed E-state index contributed by atoms with van der Waals surface area (Å²) in [5.41, 5.74) is 0.262. The highest BCUT2D eigenvalue weighted by atomic mass is 16.6. The van der Waals surface area contributed by atoms with E-state index in [1.54, 1.807) is 0 Å². The Morgan fingerprint density at radius 1 is 0.355 bits per heavy atom. The van der Waals surface area contributed by atoms with Crippen molar-refractivity contribution in [2.75, 3.05) is 0 Å². The number of carbonyl (C=O) groups excluding carboxylic acids is 4. The van der Waals surface area contributed by atoms with E-state index in [1.165, 1.54) is 24.3 Å². The fourth-order valence-corrected chi connectivity index (χ4v) is 5.03. The van der Waals surface area contributed by atoms with Gasteiger partial charge in [-0.05, 0) is 95.1 Å². The second-order valence-corrected chi connectivity index (χ2v) is 12.5. The Kier molecular flexibility index (Phi) is 15.2. The number of carboxylic acid groups (broad SMARTS) is 2. The van der Waals surface area contributed by atoms with Gasteiger partial charge in [-0.2, -0.15) is 0 Å². The van der Waals surface area contributed by atoms with Crippen LogP contribution < -0.4 is 0 Å². The zero-order valence-electron chi connectivity index (χ0n) is 31.4. The van der Waals surface area contributed by atoms with Gasteiger partial charge >= 0.3 is 35.8 Å². The van der Waals surface area contributed by atoms with Crippen molar-refractivity contribution in [1.82, 2.24) is 0 Å². The van der Waals surface area contributed by atoms with Gasteiger partial charge in [0, 0.05) is 24.3 Å². The van der Waals surface area contributed by atoms with Gasteiger partial charge in [-0.15, -0.1) is 0 Å². The second-order valence-electron chi connectivity index (χ2n) is 12.5. The molecule has 0 spiro atoms. The third kappa shape index (κ3) is 13.0. The summed E-state index contributed by atoms with van der Waals surface area (Å²) in [6.07, 6.45) is -4.60. The number of benzene rings is 4. The van der Waals surface area contributed by atoms with E-state index in [-0.39, 0.29) is 22.3 Å². The Morgan fingerprint density at radius 3 is 0.790 bits per heavy atom. The van der Waals surface area contributed by atoms with Crippen molar-refractivity contribution in [1.29, 1.82) is 0 Å². The third-order valence-electron chi connectivity index (χ3n) is 8.04. The number of hydrogen-bond acceptors (Lipinski definition) is 18. The predicted octanol–water partition coefficient (Wildman–Crippen LogP) is 3.30. The molecule has 62 heavy (non-hydrogen) atoms. The van der Waals surface area contributed by atoms with Gasteiger partial charge in [-0.1, -0.05) is 24.3 Å². The summed E-state index contributed by atoms with van der Waals surface area (Å²) in [7, 11) is 0. The van der Waals surface area contributed by atoms with Crippen molar-refractivity contribution in [2.45, 2.75) is 24.4 Å². The average molecular weight is 859 g/mol. The molecule has 0 amide bonds. The Bertz CT molecular complexity index is 2310. The van der Waals surface area contributed by atoms with Crippen LogP contribution in [-0.2, 0) is 47.7 Å². The number of aliphatic carboxylic acids is 2. The number of carbonyl (C=O) groups is 6. The molecule has 20 nitrogen and oxygen atoms in total. The summed E-state index contributed by atoms with van der Waals surface area (Å²) in [5, 5.41) is 98.3. The van der Waals surface area contributed by atoms with E-state index >= 15 is 0 Å². The topological polar surface area (TPSA) is 342 Å². The van der Waals surface area contributed by atoms with Crippen LogP contribution >= 0.6 is 0 Å². The smallest absolute Gasteiger partial charge is 0.349 e. The summed E-state index contributed by atoms with van der Waals surface area (Å²) >= 11 is 0. The van der Waals surface area contributed by atoms with Crippen LogP contribution in [0.15, 0.2) is 97.1 Å². The van der Waals surface area contributed by atoms with Crippen LogP contribution in [0.25, 0.3) is 24.3 Å². The summed E-state index contributed by atoms with van der Waals surface area (Å²) < 4.78 is 20.7. The van der Waals surface area contributed by atoms with Gasteiger partial charge in [0.05, 0.1) is 0 Å². The van der Waals surface area contributed by atoms with Crippen LogP contribution in [0.5, 0.6) is 46.0 Å². The minimum atomic E-state index is -2.79. The molecule has 0 aliphatic heterocycles. The van der Waals surface area contributed by atoms with Crippen molar-refractivity contribution in [2.24, 2.45) is 0 Å². The molecule has 4 aromatic rings. The second kappa shape index (κ2) is 20.7. The first-order valence-corrected chi connectivity index (χ1v) is 17.4. The molecule has 0 aromatic heterocycles. The highest BCUT2D eigenvalue weighted by Gasteiger charge is 2.49. The maximum absolute atomic E-state index is 13.3. The third-order valence-corrected chi connectivity index (χ3v) is 8.04. The summed E-state index contributed by atoms with van der Waals surface area (Å²) in [6, 6.07) is 13.1. The zero-order chi connectivity index (χ0) is 45.7. The number of phenolic OH excluding ortho intramolecular Hbond substituents is 8. The van der Waals surface area contributed by atoms with Gasteiger partial charge in [-0.25, -0.2) is 28.8 Å². The Morgan fingerprint density at radius 2 is 0.581 bits per heavy atom. The molecular weight excluding hydrogens is 824 g/mol. The molecule has 0 aliphatic rings. The van der Waals surface area contributed by atoms with E-state index in [0.717, 1.165) is 72.8 Å². The number of hydrogen-bond donors (Lipinski definition) is 10. The number of esters is 4. The fraction of sp³-hybridized carbons (Fsp3) is 0.0952. The van der Waals surface area contributed by atoms with Gasteiger partial charge in [0.2, 0.25) is 12.2 Å². The summed E-state index contributed by atoms with van der Waals surface area (Å²) in [5.74, 6) is -14.9. The molecule has 4 atom stereocenters. The van der Waals surface area contributed by atoms with E-state index in [0.29, 0.717) is 24.3 Å². The normalized spacial score (nSPS) is 13.4. The first-order valence-electron chi connectivity index (χ1n) is 17.4. The Hall–Kier alpha value is -8.94. The zero-order valence-corrected chi connectivity index (χ0v) is 31.4. The first-order chi connectivity index (χ1) is 29.3. The Balaban J connectivity index is 1.80. The molecular formula is C42H34O20. The highest BCUT2D eigenvalue weighted by Crippen LogP contribution is 2.29.